The van der Waals surface area contributed by atoms with Gasteiger partial charge in [0.1, 0.15) is 0 Å². The molecule has 24 heavy (non-hydrogen) atoms. The van der Waals surface area contributed by atoms with Crippen molar-refractivity contribution in [2.24, 2.45) is 7.05 Å². The topological polar surface area (TPSA) is 66.3 Å². The summed E-state index contributed by atoms with van der Waals surface area (Å²) >= 11 is 0. The summed E-state index contributed by atoms with van der Waals surface area (Å²) in [7, 11) is 1.90. The molecule has 0 aliphatic carbocycles. The summed E-state index contributed by atoms with van der Waals surface area (Å²) in [5, 5.41) is 7.12. The molecule has 7 heteroatoms. The maximum atomic E-state index is 12.2. The van der Waals surface area contributed by atoms with E-state index in [4.69, 9.17) is 0 Å². The molecule has 3 heterocycles. The van der Waals surface area contributed by atoms with Crippen LogP contribution in [-0.4, -0.2) is 63.3 Å². The second-order valence-electron chi connectivity index (χ2n) is 6.09. The lowest BCUT2D eigenvalue weighted by molar-refractivity contribution is 0.134. The predicted molar refractivity (Wildman–Crippen MR) is 91.4 cm³/mol. The SMILES string of the molecule is Cn1cc(CCNC(=O)N2CCN(Cc3ccccn3)CC2)cn1. The van der Waals surface area contributed by atoms with Gasteiger partial charge >= 0.3 is 6.03 Å². The number of nitrogens with zero attached hydrogens (tertiary/aromatic N) is 5. The number of pyridine rings is 1. The molecule has 2 aromatic heterocycles. The summed E-state index contributed by atoms with van der Waals surface area (Å²) in [4.78, 5) is 20.8. The van der Waals surface area contributed by atoms with Crippen LogP contribution >= 0.6 is 0 Å². The molecule has 1 aliphatic rings. The Kier molecular flexibility index (Phi) is 5.43. The van der Waals surface area contributed by atoms with Gasteiger partial charge < -0.3 is 10.2 Å². The van der Waals surface area contributed by atoms with E-state index in [1.165, 1.54) is 0 Å². The van der Waals surface area contributed by atoms with Gasteiger partial charge in [0.25, 0.3) is 0 Å². The first kappa shape index (κ1) is 16.4. The van der Waals surface area contributed by atoms with Crippen molar-refractivity contribution in [1.29, 1.82) is 0 Å². The molecule has 0 aromatic carbocycles. The first-order chi connectivity index (χ1) is 11.7. The van der Waals surface area contributed by atoms with Crippen LogP contribution in [0.3, 0.4) is 0 Å². The highest BCUT2D eigenvalue weighted by Gasteiger charge is 2.20. The molecule has 1 N–H and O–H groups in total. The average Bonchev–Trinajstić information content (AvgIpc) is 3.02. The molecule has 2 aromatic rings. The molecular formula is C17H24N6O. The highest BCUT2D eigenvalue weighted by Crippen LogP contribution is 2.07. The fourth-order valence-corrected chi connectivity index (χ4v) is 2.86. The zero-order valence-electron chi connectivity index (χ0n) is 14.1. The number of nitrogens with one attached hydrogen (secondary N) is 1. The summed E-state index contributed by atoms with van der Waals surface area (Å²) in [6.45, 7) is 4.76. The normalized spacial score (nSPS) is 15.5. The van der Waals surface area contributed by atoms with E-state index >= 15 is 0 Å². The lowest BCUT2D eigenvalue weighted by Crippen LogP contribution is -2.51. The zero-order valence-corrected chi connectivity index (χ0v) is 14.1. The molecule has 3 rings (SSSR count). The van der Waals surface area contributed by atoms with Crippen LogP contribution in [0.25, 0.3) is 0 Å². The second-order valence-corrected chi connectivity index (χ2v) is 6.09. The number of aromatic nitrogens is 3. The lowest BCUT2D eigenvalue weighted by Gasteiger charge is -2.34. The molecule has 128 valence electrons. The number of urea groups is 1. The molecule has 0 radical (unpaired) electrons. The number of hydrogen-bond acceptors (Lipinski definition) is 4. The van der Waals surface area contributed by atoms with E-state index in [9.17, 15) is 4.79 Å². The largest absolute Gasteiger partial charge is 0.338 e. The van der Waals surface area contributed by atoms with E-state index in [2.05, 4.69) is 20.3 Å². The number of hydrogen-bond donors (Lipinski definition) is 1. The molecule has 0 unspecified atom stereocenters. The standard InChI is InChI=1S/C17H24N6O/c1-21-13-15(12-20-21)5-7-19-17(24)23-10-8-22(9-11-23)14-16-4-2-3-6-18-16/h2-4,6,12-13H,5,7-11,14H2,1H3,(H,19,24). The molecular weight excluding hydrogens is 304 g/mol. The highest BCUT2D eigenvalue weighted by molar-refractivity contribution is 5.74. The monoisotopic (exact) mass is 328 g/mol. The van der Waals surface area contributed by atoms with Crippen LogP contribution in [0.15, 0.2) is 36.8 Å². The van der Waals surface area contributed by atoms with E-state index in [1.807, 2.05) is 48.7 Å². The molecule has 1 aliphatic heterocycles. The van der Waals surface area contributed by atoms with Crippen molar-refractivity contribution in [2.45, 2.75) is 13.0 Å². The van der Waals surface area contributed by atoms with E-state index < -0.39 is 0 Å². The number of aryl methyl sites for hydroxylation is 1. The molecule has 0 saturated carbocycles. The quantitative estimate of drug-likeness (QED) is 0.885. The van der Waals surface area contributed by atoms with E-state index in [0.717, 1.165) is 50.4 Å². The minimum Gasteiger partial charge on any atom is -0.338 e. The molecule has 2 amide bonds. The van der Waals surface area contributed by atoms with Crippen molar-refractivity contribution in [3.05, 3.63) is 48.0 Å². The Labute approximate surface area is 142 Å². The van der Waals surface area contributed by atoms with Crippen LogP contribution in [0, 0.1) is 0 Å². The minimum atomic E-state index is 0.0244. The Hall–Kier alpha value is -2.41. The van der Waals surface area contributed by atoms with Gasteiger partial charge in [-0.25, -0.2) is 4.79 Å². The fourth-order valence-electron chi connectivity index (χ4n) is 2.86. The molecule has 0 bridgehead atoms. The third-order valence-electron chi connectivity index (χ3n) is 4.22. The number of piperazine rings is 1. The number of rotatable bonds is 5. The first-order valence-corrected chi connectivity index (χ1v) is 8.33. The summed E-state index contributed by atoms with van der Waals surface area (Å²) in [6.07, 6.45) is 6.44. The zero-order chi connectivity index (χ0) is 16.8. The van der Waals surface area contributed by atoms with Gasteiger partial charge in [0.2, 0.25) is 0 Å². The van der Waals surface area contributed by atoms with Crippen LogP contribution in [0.2, 0.25) is 0 Å². The van der Waals surface area contributed by atoms with Gasteiger partial charge in [-0.1, -0.05) is 6.07 Å². The Morgan fingerprint density at radius 2 is 2.08 bits per heavy atom. The van der Waals surface area contributed by atoms with Crippen LogP contribution in [0.4, 0.5) is 4.79 Å². The van der Waals surface area contributed by atoms with Crippen molar-refractivity contribution in [1.82, 2.24) is 29.9 Å². The molecule has 1 saturated heterocycles. The van der Waals surface area contributed by atoms with Gasteiger partial charge in [0.15, 0.2) is 0 Å². The van der Waals surface area contributed by atoms with Crippen molar-refractivity contribution >= 4 is 6.03 Å². The van der Waals surface area contributed by atoms with Gasteiger partial charge in [-0.2, -0.15) is 5.10 Å². The number of carbonyl (C=O) groups is 1. The minimum absolute atomic E-state index is 0.0244. The maximum Gasteiger partial charge on any atom is 0.317 e. The summed E-state index contributed by atoms with van der Waals surface area (Å²) in [5.74, 6) is 0. The Bertz CT molecular complexity index is 648. The maximum absolute atomic E-state index is 12.2. The van der Waals surface area contributed by atoms with E-state index in [1.54, 1.807) is 4.68 Å². The van der Waals surface area contributed by atoms with Gasteiger partial charge in [0.05, 0.1) is 11.9 Å². The van der Waals surface area contributed by atoms with Crippen molar-refractivity contribution in [3.63, 3.8) is 0 Å². The van der Waals surface area contributed by atoms with Crippen LogP contribution in [0.5, 0.6) is 0 Å². The van der Waals surface area contributed by atoms with E-state index in [0.29, 0.717) is 6.54 Å². The average molecular weight is 328 g/mol. The van der Waals surface area contributed by atoms with Crippen LogP contribution < -0.4 is 5.32 Å². The van der Waals surface area contributed by atoms with Gasteiger partial charge in [-0.3, -0.25) is 14.6 Å². The summed E-state index contributed by atoms with van der Waals surface area (Å²) in [6, 6.07) is 6.00. The number of amides is 2. The fraction of sp³-hybridized carbons (Fsp3) is 0.471. The van der Waals surface area contributed by atoms with Crippen LogP contribution in [0.1, 0.15) is 11.3 Å². The van der Waals surface area contributed by atoms with Crippen molar-refractivity contribution < 1.29 is 4.79 Å². The Morgan fingerprint density at radius 3 is 2.75 bits per heavy atom. The molecule has 7 nitrogen and oxygen atoms in total. The summed E-state index contributed by atoms with van der Waals surface area (Å²) in [5.41, 5.74) is 2.21. The van der Waals surface area contributed by atoms with Gasteiger partial charge in [-0.05, 0) is 24.1 Å². The molecule has 1 fully saturated rings. The third kappa shape index (κ3) is 4.55. The lowest BCUT2D eigenvalue weighted by atomic mass is 10.2. The van der Waals surface area contributed by atoms with Crippen LogP contribution in [-0.2, 0) is 20.0 Å². The first-order valence-electron chi connectivity index (χ1n) is 8.33. The number of carbonyl (C=O) groups excluding carboxylic acids is 1. The Morgan fingerprint density at radius 1 is 1.25 bits per heavy atom. The smallest absolute Gasteiger partial charge is 0.317 e. The second kappa shape index (κ2) is 7.92. The predicted octanol–water partition coefficient (Wildman–Crippen LogP) is 0.885. The van der Waals surface area contributed by atoms with Gasteiger partial charge in [-0.15, -0.1) is 0 Å². The van der Waals surface area contributed by atoms with Crippen molar-refractivity contribution in [2.75, 3.05) is 32.7 Å². The Balaban J connectivity index is 1.37. The highest BCUT2D eigenvalue weighted by atomic mass is 16.2. The third-order valence-corrected chi connectivity index (χ3v) is 4.22. The van der Waals surface area contributed by atoms with E-state index in [-0.39, 0.29) is 6.03 Å². The summed E-state index contributed by atoms with van der Waals surface area (Å²) < 4.78 is 1.78. The molecule has 0 atom stereocenters. The van der Waals surface area contributed by atoms with Gasteiger partial charge in [0, 0.05) is 58.7 Å². The molecule has 0 spiro atoms. The van der Waals surface area contributed by atoms with Crippen molar-refractivity contribution in [3.8, 4) is 0 Å².